The summed E-state index contributed by atoms with van der Waals surface area (Å²) in [6.07, 6.45) is 0.814. The lowest BCUT2D eigenvalue weighted by molar-refractivity contribution is 0.0982. The number of ketones is 2. The highest BCUT2D eigenvalue weighted by Crippen LogP contribution is 2.39. The summed E-state index contributed by atoms with van der Waals surface area (Å²) in [6.45, 7) is 1.69. The van der Waals surface area contributed by atoms with Crippen molar-refractivity contribution >= 4 is 61.8 Å². The van der Waals surface area contributed by atoms with Crippen LogP contribution in [-0.2, 0) is 6.42 Å². The minimum atomic E-state index is -0.490. The van der Waals surface area contributed by atoms with Crippen molar-refractivity contribution in [1.29, 1.82) is 0 Å². The number of aryl methyl sites for hydroxylation is 1. The highest BCUT2D eigenvalue weighted by atomic mass is 79.9. The molecule has 0 fully saturated rings. The van der Waals surface area contributed by atoms with Crippen molar-refractivity contribution in [2.75, 3.05) is 6.54 Å². The van der Waals surface area contributed by atoms with Crippen LogP contribution in [0.4, 0.5) is 0 Å². The lowest BCUT2D eigenvalue weighted by Gasteiger charge is -2.02. The fraction of sp³-hybridized carbons (Fsp3) is 0.143. The molecule has 6 nitrogen and oxygen atoms in total. The number of carbonyl (C=O) groups is 3. The average Bonchev–Trinajstić information content (AvgIpc) is 3.54. The fourth-order valence-electron chi connectivity index (χ4n) is 3.62. The first-order chi connectivity index (χ1) is 17.7. The molecule has 0 saturated heterocycles. The van der Waals surface area contributed by atoms with Crippen molar-refractivity contribution in [3.63, 3.8) is 0 Å². The molecule has 9 heteroatoms. The molecule has 0 unspecified atom stereocenters. The Labute approximate surface area is 230 Å². The predicted octanol–water partition coefficient (Wildman–Crippen LogP) is 6.55. The Balaban J connectivity index is 1.36. The summed E-state index contributed by atoms with van der Waals surface area (Å²) in [5.41, 5.74) is 8.67. The Morgan fingerprint density at radius 2 is 1.59 bits per heavy atom. The number of hydrogen-bond acceptors (Lipinski definition) is 7. The number of primary amides is 1. The van der Waals surface area contributed by atoms with Crippen molar-refractivity contribution in [1.82, 2.24) is 0 Å². The summed E-state index contributed by atoms with van der Waals surface area (Å²) < 4.78 is 0.957. The van der Waals surface area contributed by atoms with Gasteiger partial charge in [0.1, 0.15) is 12.3 Å². The zero-order valence-electron chi connectivity index (χ0n) is 19.9. The van der Waals surface area contributed by atoms with Crippen molar-refractivity contribution in [2.45, 2.75) is 19.8 Å². The van der Waals surface area contributed by atoms with Crippen LogP contribution in [0, 0.1) is 0 Å². The molecular formula is C28H23BrN2O4S2. The number of amides is 1. The molecule has 0 aliphatic heterocycles. The number of carbonyl (C=O) groups excluding carboxylic acids is 3. The van der Waals surface area contributed by atoms with Gasteiger partial charge >= 0.3 is 0 Å². The molecule has 0 saturated carbocycles. The number of Topliss-reactive ketones (excluding diaryl/α,β-unsaturated/α-hetero) is 2. The van der Waals surface area contributed by atoms with Gasteiger partial charge in [0.25, 0.3) is 0 Å². The minimum Gasteiger partial charge on any atom is -0.506 e. The van der Waals surface area contributed by atoms with Gasteiger partial charge in [0, 0.05) is 33.1 Å². The van der Waals surface area contributed by atoms with E-state index in [1.54, 1.807) is 43.3 Å². The predicted molar refractivity (Wildman–Crippen MR) is 152 cm³/mol. The maximum atomic E-state index is 12.7. The topological polar surface area (TPSA) is 110 Å². The number of aromatic hydroxyl groups is 1. The summed E-state index contributed by atoms with van der Waals surface area (Å²) in [6, 6.07) is 17.8. The molecule has 37 heavy (non-hydrogen) atoms. The number of thiophene rings is 2. The largest absolute Gasteiger partial charge is 0.506 e. The Hall–Kier alpha value is -3.40. The monoisotopic (exact) mass is 594 g/mol. The summed E-state index contributed by atoms with van der Waals surface area (Å²) in [7, 11) is 0. The van der Waals surface area contributed by atoms with E-state index in [4.69, 9.17) is 5.73 Å². The van der Waals surface area contributed by atoms with Gasteiger partial charge in [-0.25, -0.2) is 0 Å². The zero-order chi connectivity index (χ0) is 26.5. The van der Waals surface area contributed by atoms with Gasteiger partial charge < -0.3 is 10.8 Å². The molecule has 1 amide bonds. The lowest BCUT2D eigenvalue weighted by Crippen LogP contribution is -2.10. The lowest BCUT2D eigenvalue weighted by atomic mass is 10.0. The van der Waals surface area contributed by atoms with Crippen molar-refractivity contribution in [3.05, 3.63) is 97.0 Å². The number of aliphatic imine (C=N–C) groups is 1. The van der Waals surface area contributed by atoms with Crippen molar-refractivity contribution < 1.29 is 19.5 Å². The van der Waals surface area contributed by atoms with E-state index < -0.39 is 5.91 Å². The first-order valence-electron chi connectivity index (χ1n) is 11.4. The third-order valence-electron chi connectivity index (χ3n) is 5.76. The van der Waals surface area contributed by atoms with Gasteiger partial charge in [-0.3, -0.25) is 19.4 Å². The van der Waals surface area contributed by atoms with Gasteiger partial charge in [-0.15, -0.1) is 22.7 Å². The number of nitrogens with zero attached hydrogens (tertiary/aromatic N) is 1. The highest BCUT2D eigenvalue weighted by Gasteiger charge is 2.17. The quantitative estimate of drug-likeness (QED) is 0.160. The van der Waals surface area contributed by atoms with Gasteiger partial charge in [0.2, 0.25) is 5.91 Å². The second-order valence-corrected chi connectivity index (χ2v) is 11.2. The van der Waals surface area contributed by atoms with E-state index >= 15 is 0 Å². The number of halogens is 1. The van der Waals surface area contributed by atoms with E-state index in [9.17, 15) is 19.5 Å². The van der Waals surface area contributed by atoms with E-state index in [0.717, 1.165) is 31.8 Å². The van der Waals surface area contributed by atoms with E-state index in [-0.39, 0.29) is 23.9 Å². The van der Waals surface area contributed by atoms with Crippen LogP contribution in [0.2, 0.25) is 0 Å². The minimum absolute atomic E-state index is 0.0497. The molecule has 0 atom stereocenters. The van der Waals surface area contributed by atoms with Crippen molar-refractivity contribution in [3.8, 4) is 16.2 Å². The number of nitrogens with two attached hydrogens (primary N) is 1. The van der Waals surface area contributed by atoms with E-state index in [1.165, 1.54) is 11.3 Å². The van der Waals surface area contributed by atoms with E-state index in [2.05, 4.69) is 20.9 Å². The normalized spacial score (nSPS) is 11.5. The summed E-state index contributed by atoms with van der Waals surface area (Å²) in [5, 5.41) is 12.5. The fourth-order valence-corrected chi connectivity index (χ4v) is 5.80. The Morgan fingerprint density at radius 3 is 2.24 bits per heavy atom. The molecule has 0 spiro atoms. The second-order valence-electron chi connectivity index (χ2n) is 8.31. The van der Waals surface area contributed by atoms with Gasteiger partial charge in [0.05, 0.1) is 14.6 Å². The van der Waals surface area contributed by atoms with Crippen LogP contribution in [0.5, 0.6) is 5.75 Å². The van der Waals surface area contributed by atoms with Crippen LogP contribution >= 0.6 is 38.6 Å². The molecule has 2 aromatic carbocycles. The van der Waals surface area contributed by atoms with Crippen LogP contribution in [-0.4, -0.2) is 34.8 Å². The molecule has 4 aromatic rings. The smallest absolute Gasteiger partial charge is 0.248 e. The Kier molecular flexibility index (Phi) is 8.48. The van der Waals surface area contributed by atoms with Crippen LogP contribution in [0.25, 0.3) is 10.4 Å². The number of hydrogen-bond donors (Lipinski definition) is 2. The molecule has 4 rings (SSSR count). The van der Waals surface area contributed by atoms with Crippen LogP contribution in [0.3, 0.4) is 0 Å². The van der Waals surface area contributed by atoms with Crippen LogP contribution < -0.4 is 5.73 Å². The summed E-state index contributed by atoms with van der Waals surface area (Å²) >= 11 is 5.99. The molecule has 0 aliphatic rings. The highest BCUT2D eigenvalue weighted by molar-refractivity contribution is 9.10. The first-order valence-corrected chi connectivity index (χ1v) is 13.8. The maximum Gasteiger partial charge on any atom is 0.248 e. The Bertz CT molecular complexity index is 1490. The standard InChI is InChI=1S/C28H23BrN2O4S2/c1-16(21-15-36-27(26(21)34)18-7-9-20(29)10-8-18)31-14-23(33)25-13-12-24(37-25)22(32)11-4-17-2-5-19(6-3-17)28(30)35/h2-3,5-10,12-13,15,34H,4,11,14H2,1H3,(H2,30,35). The molecule has 3 N–H and O–H groups in total. The first kappa shape index (κ1) is 26.7. The van der Waals surface area contributed by atoms with Crippen LogP contribution in [0.1, 0.15) is 54.2 Å². The van der Waals surface area contributed by atoms with Gasteiger partial charge in [-0.05, 0) is 60.9 Å². The molecule has 0 bridgehead atoms. The Morgan fingerprint density at radius 1 is 0.946 bits per heavy atom. The van der Waals surface area contributed by atoms with E-state index in [1.807, 2.05) is 29.6 Å². The summed E-state index contributed by atoms with van der Waals surface area (Å²) in [5.74, 6) is -0.579. The zero-order valence-corrected chi connectivity index (χ0v) is 23.1. The summed E-state index contributed by atoms with van der Waals surface area (Å²) in [4.78, 5) is 42.6. The molecule has 0 radical (unpaired) electrons. The third-order valence-corrected chi connectivity index (χ3v) is 8.47. The molecule has 2 aromatic heterocycles. The number of benzene rings is 2. The molecule has 188 valence electrons. The molecule has 2 heterocycles. The third kappa shape index (κ3) is 6.49. The van der Waals surface area contributed by atoms with Gasteiger partial charge in [-0.1, -0.05) is 40.2 Å². The maximum absolute atomic E-state index is 12.7. The van der Waals surface area contributed by atoms with Gasteiger partial charge in [-0.2, -0.15) is 0 Å². The molecule has 0 aliphatic carbocycles. The van der Waals surface area contributed by atoms with E-state index in [0.29, 0.717) is 39.4 Å². The molecular weight excluding hydrogens is 572 g/mol. The SMILES string of the molecule is CC(=NCC(=O)c1ccc(C(=O)CCc2ccc(C(N)=O)cc2)s1)c1csc(-c2ccc(Br)cc2)c1O. The second kappa shape index (κ2) is 11.8. The van der Waals surface area contributed by atoms with Crippen LogP contribution in [0.15, 0.2) is 75.5 Å². The van der Waals surface area contributed by atoms with Crippen molar-refractivity contribution in [2.24, 2.45) is 10.7 Å². The number of rotatable bonds is 10. The van der Waals surface area contributed by atoms with Gasteiger partial charge in [0.15, 0.2) is 11.6 Å². The average molecular weight is 596 g/mol.